The molecule has 1 saturated heterocycles. The molecule has 2 aromatic rings. The monoisotopic (exact) mass is 532 g/mol. The van der Waals surface area contributed by atoms with E-state index in [2.05, 4.69) is 11.3 Å². The topological polar surface area (TPSA) is 94.5 Å². The number of ether oxygens (including phenoxy) is 3. The lowest BCUT2D eigenvalue weighted by molar-refractivity contribution is -0.122. The summed E-state index contributed by atoms with van der Waals surface area (Å²) < 4.78 is 46.2. The van der Waals surface area contributed by atoms with Crippen molar-refractivity contribution < 1.29 is 27.4 Å². The highest BCUT2D eigenvalue weighted by atomic mass is 32.2. The van der Waals surface area contributed by atoms with Crippen molar-refractivity contribution in [2.45, 2.75) is 37.5 Å². The maximum absolute atomic E-state index is 13.3. The van der Waals surface area contributed by atoms with Gasteiger partial charge in [-0.25, -0.2) is 0 Å². The van der Waals surface area contributed by atoms with Gasteiger partial charge in [0.05, 0.1) is 23.5 Å². The molecule has 0 aliphatic carbocycles. The van der Waals surface area contributed by atoms with Gasteiger partial charge >= 0.3 is 0 Å². The first-order chi connectivity index (χ1) is 17.4. The minimum Gasteiger partial charge on any atom is -0.493 e. The lowest BCUT2D eigenvalue weighted by atomic mass is 10.2. The highest BCUT2D eigenvalue weighted by Crippen LogP contribution is 2.35. The number of hydrogen-bond donors (Lipinski definition) is 0. The third kappa shape index (κ3) is 7.35. The van der Waals surface area contributed by atoms with Gasteiger partial charge in [0, 0.05) is 20.3 Å². The van der Waals surface area contributed by atoms with Crippen LogP contribution in [0, 0.1) is 0 Å². The molecule has 1 aliphatic rings. The van der Waals surface area contributed by atoms with Crippen molar-refractivity contribution in [2.75, 3.05) is 34.0 Å². The van der Waals surface area contributed by atoms with Crippen molar-refractivity contribution in [1.82, 2.24) is 4.90 Å². The Morgan fingerprint density at radius 2 is 1.78 bits per heavy atom. The fraction of sp³-hybridized carbons (Fsp3) is 0.385. The summed E-state index contributed by atoms with van der Waals surface area (Å²) in [6.07, 6.45) is 5.36. The van der Waals surface area contributed by atoms with Crippen LogP contribution in [-0.2, 0) is 19.6 Å². The summed E-state index contributed by atoms with van der Waals surface area (Å²) in [7, 11) is -0.824. The Kier molecular flexibility index (Phi) is 10.4. The number of benzene rings is 2. The van der Waals surface area contributed by atoms with Crippen molar-refractivity contribution >= 4 is 38.9 Å². The molecule has 0 bridgehead atoms. The quantitative estimate of drug-likeness (QED) is 0.266. The summed E-state index contributed by atoms with van der Waals surface area (Å²) in [5.41, 5.74) is 0.737. The van der Waals surface area contributed by atoms with Crippen LogP contribution in [0.3, 0.4) is 0 Å². The molecule has 1 heterocycles. The predicted octanol–water partition coefficient (Wildman–Crippen LogP) is 4.96. The van der Waals surface area contributed by atoms with Crippen LogP contribution in [0.15, 0.2) is 62.7 Å². The molecule has 0 spiro atoms. The van der Waals surface area contributed by atoms with E-state index in [0.29, 0.717) is 36.0 Å². The molecule has 0 aromatic heterocycles. The largest absolute Gasteiger partial charge is 0.493 e. The molecule has 1 amide bonds. The molecular formula is C26H32N2O6S2. The first-order valence-corrected chi connectivity index (χ1v) is 14.1. The highest BCUT2D eigenvalue weighted by molar-refractivity contribution is 8.19. The second-order valence-corrected chi connectivity index (χ2v) is 10.7. The summed E-state index contributed by atoms with van der Waals surface area (Å²) in [5, 5.41) is 0.121. The standard InChI is InChI=1S/C26H32N2O6S2/c1-4-5-9-17-34-23-18-20(13-14-22(23)33-3)19-24-25(29)28(15-10-16-32-2)26(35-24)27-36(30,31)21-11-7-6-8-12-21/h6-8,11-14,18-19H,4-5,9-10,15-17H2,1-3H3. The lowest BCUT2D eigenvalue weighted by Gasteiger charge is -2.15. The van der Waals surface area contributed by atoms with Crippen molar-refractivity contribution in [1.29, 1.82) is 0 Å². The Hall–Kier alpha value is -2.82. The minimum atomic E-state index is -3.98. The maximum Gasteiger partial charge on any atom is 0.284 e. The van der Waals surface area contributed by atoms with Gasteiger partial charge in [-0.3, -0.25) is 9.69 Å². The van der Waals surface area contributed by atoms with Gasteiger partial charge in [0.1, 0.15) is 0 Å². The first kappa shape index (κ1) is 27.8. The van der Waals surface area contributed by atoms with Gasteiger partial charge < -0.3 is 14.2 Å². The van der Waals surface area contributed by atoms with E-state index >= 15 is 0 Å². The minimum absolute atomic E-state index is 0.0693. The van der Waals surface area contributed by atoms with E-state index in [1.165, 1.54) is 17.0 Å². The van der Waals surface area contributed by atoms with Gasteiger partial charge in [-0.15, -0.1) is 4.40 Å². The summed E-state index contributed by atoms with van der Waals surface area (Å²) in [4.78, 5) is 15.1. The predicted molar refractivity (Wildman–Crippen MR) is 143 cm³/mol. The van der Waals surface area contributed by atoms with Crippen molar-refractivity contribution in [3.05, 3.63) is 59.0 Å². The van der Waals surface area contributed by atoms with Gasteiger partial charge in [-0.2, -0.15) is 8.42 Å². The van der Waals surface area contributed by atoms with Crippen molar-refractivity contribution in [3.63, 3.8) is 0 Å². The smallest absolute Gasteiger partial charge is 0.284 e. The first-order valence-electron chi connectivity index (χ1n) is 11.8. The normalized spacial score (nSPS) is 16.2. The van der Waals surface area contributed by atoms with E-state index in [-0.39, 0.29) is 22.5 Å². The fourth-order valence-corrected chi connectivity index (χ4v) is 5.70. The molecule has 1 fully saturated rings. The summed E-state index contributed by atoms with van der Waals surface area (Å²) in [6.45, 7) is 3.42. The van der Waals surface area contributed by atoms with Crippen molar-refractivity contribution in [3.8, 4) is 11.5 Å². The van der Waals surface area contributed by atoms with Crippen LogP contribution in [0.1, 0.15) is 38.2 Å². The summed E-state index contributed by atoms with van der Waals surface area (Å²) >= 11 is 1.04. The van der Waals surface area contributed by atoms with E-state index in [9.17, 15) is 13.2 Å². The Bertz CT molecular complexity index is 1200. The Morgan fingerprint density at radius 3 is 2.47 bits per heavy atom. The van der Waals surface area contributed by atoms with Crippen molar-refractivity contribution in [2.24, 2.45) is 4.40 Å². The second kappa shape index (κ2) is 13.5. The Labute approximate surface area is 217 Å². The molecule has 0 atom stereocenters. The van der Waals surface area contributed by atoms with E-state index in [1.807, 2.05) is 12.1 Å². The van der Waals surface area contributed by atoms with Crippen LogP contribution in [0.25, 0.3) is 6.08 Å². The fourth-order valence-electron chi connectivity index (χ4n) is 3.47. The van der Waals surface area contributed by atoms with Crippen LogP contribution in [-0.4, -0.2) is 58.4 Å². The van der Waals surface area contributed by atoms with Crippen LogP contribution in [0.4, 0.5) is 0 Å². The molecule has 194 valence electrons. The molecule has 0 radical (unpaired) electrons. The van der Waals surface area contributed by atoms with E-state index in [1.54, 1.807) is 44.6 Å². The van der Waals surface area contributed by atoms with Crippen LogP contribution in [0.2, 0.25) is 0 Å². The SMILES string of the molecule is CCCCCOc1cc(C=C2SC(=NS(=O)(=O)c3ccccc3)N(CCCOC)C2=O)ccc1OC. The molecule has 36 heavy (non-hydrogen) atoms. The number of unbranched alkanes of at least 4 members (excludes halogenated alkanes) is 2. The van der Waals surface area contributed by atoms with Gasteiger partial charge in [0.2, 0.25) is 0 Å². The molecule has 0 unspecified atom stereocenters. The number of carbonyl (C=O) groups excluding carboxylic acids is 1. The average Bonchev–Trinajstić information content (AvgIpc) is 3.15. The maximum atomic E-state index is 13.3. The Balaban J connectivity index is 1.90. The molecular weight excluding hydrogens is 500 g/mol. The molecule has 3 rings (SSSR count). The number of hydrogen-bond acceptors (Lipinski definition) is 7. The number of nitrogens with zero attached hydrogens (tertiary/aromatic N) is 2. The molecule has 0 N–H and O–H groups in total. The average molecular weight is 533 g/mol. The third-order valence-corrected chi connectivity index (χ3v) is 7.75. The van der Waals surface area contributed by atoms with E-state index < -0.39 is 10.0 Å². The molecule has 10 heteroatoms. The number of thioether (sulfide) groups is 1. The van der Waals surface area contributed by atoms with Gasteiger partial charge in [-0.1, -0.05) is 44.0 Å². The number of carbonyl (C=O) groups is 1. The summed E-state index contributed by atoms with van der Waals surface area (Å²) in [6, 6.07) is 13.4. The lowest BCUT2D eigenvalue weighted by Crippen LogP contribution is -2.31. The third-order valence-electron chi connectivity index (χ3n) is 5.35. The van der Waals surface area contributed by atoms with Gasteiger partial charge in [0.15, 0.2) is 16.7 Å². The number of amides is 1. The number of rotatable bonds is 13. The number of amidine groups is 1. The highest BCUT2D eigenvalue weighted by Gasteiger charge is 2.34. The number of methoxy groups -OCH3 is 2. The molecule has 2 aromatic carbocycles. The zero-order valence-electron chi connectivity index (χ0n) is 20.8. The second-order valence-electron chi connectivity index (χ2n) is 8.04. The van der Waals surface area contributed by atoms with Gasteiger partial charge in [-0.05, 0) is 60.5 Å². The molecule has 0 saturated carbocycles. The van der Waals surface area contributed by atoms with Crippen LogP contribution >= 0.6 is 11.8 Å². The van der Waals surface area contributed by atoms with E-state index in [0.717, 1.165) is 36.6 Å². The summed E-state index contributed by atoms with van der Waals surface area (Å²) in [5.74, 6) is 0.895. The molecule has 1 aliphatic heterocycles. The van der Waals surface area contributed by atoms with Crippen LogP contribution in [0.5, 0.6) is 11.5 Å². The van der Waals surface area contributed by atoms with E-state index in [4.69, 9.17) is 14.2 Å². The van der Waals surface area contributed by atoms with Crippen LogP contribution < -0.4 is 9.47 Å². The molecule has 8 nitrogen and oxygen atoms in total. The number of sulfonamides is 1. The van der Waals surface area contributed by atoms with Gasteiger partial charge in [0.25, 0.3) is 15.9 Å². The zero-order chi connectivity index (χ0) is 26.0. The zero-order valence-corrected chi connectivity index (χ0v) is 22.4. The Morgan fingerprint density at radius 1 is 1.00 bits per heavy atom.